The molecule has 2 aromatic carbocycles. The molecule has 0 saturated carbocycles. The zero-order chi connectivity index (χ0) is 13.2. The van der Waals surface area contributed by atoms with Crippen LogP contribution >= 0.6 is 0 Å². The SMILES string of the molecule is Cc1ccc(C(N)C2COc3ccccc3C2)cc1. The topological polar surface area (TPSA) is 35.2 Å². The number of benzene rings is 2. The molecular weight excluding hydrogens is 234 g/mol. The molecule has 0 aliphatic carbocycles. The molecule has 2 heteroatoms. The first-order valence-corrected chi connectivity index (χ1v) is 6.77. The monoisotopic (exact) mass is 253 g/mol. The van der Waals surface area contributed by atoms with Crippen LogP contribution in [0.1, 0.15) is 22.7 Å². The number of fused-ring (bicyclic) bond motifs is 1. The average Bonchev–Trinajstić information content (AvgIpc) is 2.47. The molecule has 0 bridgehead atoms. The van der Waals surface area contributed by atoms with Gasteiger partial charge in [-0.15, -0.1) is 0 Å². The van der Waals surface area contributed by atoms with Gasteiger partial charge in [-0.1, -0.05) is 48.0 Å². The van der Waals surface area contributed by atoms with Crippen LogP contribution in [0.3, 0.4) is 0 Å². The smallest absolute Gasteiger partial charge is 0.122 e. The lowest BCUT2D eigenvalue weighted by atomic mass is 9.87. The molecule has 2 N–H and O–H groups in total. The van der Waals surface area contributed by atoms with Crippen molar-refractivity contribution < 1.29 is 4.74 Å². The van der Waals surface area contributed by atoms with Gasteiger partial charge in [-0.25, -0.2) is 0 Å². The van der Waals surface area contributed by atoms with Crippen LogP contribution in [0.2, 0.25) is 0 Å². The van der Waals surface area contributed by atoms with Crippen molar-refractivity contribution >= 4 is 0 Å². The molecule has 19 heavy (non-hydrogen) atoms. The van der Waals surface area contributed by atoms with Crippen molar-refractivity contribution in [2.45, 2.75) is 19.4 Å². The van der Waals surface area contributed by atoms with Crippen molar-refractivity contribution in [2.75, 3.05) is 6.61 Å². The second-order valence-corrected chi connectivity index (χ2v) is 5.32. The zero-order valence-electron chi connectivity index (χ0n) is 11.2. The van der Waals surface area contributed by atoms with Gasteiger partial charge in [0.2, 0.25) is 0 Å². The van der Waals surface area contributed by atoms with Crippen LogP contribution in [-0.2, 0) is 6.42 Å². The molecule has 1 aliphatic heterocycles. The van der Waals surface area contributed by atoms with Gasteiger partial charge in [-0.3, -0.25) is 0 Å². The first-order valence-electron chi connectivity index (χ1n) is 6.77. The van der Waals surface area contributed by atoms with Gasteiger partial charge in [-0.2, -0.15) is 0 Å². The van der Waals surface area contributed by atoms with E-state index < -0.39 is 0 Å². The first kappa shape index (κ1) is 12.2. The van der Waals surface area contributed by atoms with Crippen molar-refractivity contribution in [3.05, 3.63) is 65.2 Å². The van der Waals surface area contributed by atoms with Crippen LogP contribution < -0.4 is 10.5 Å². The maximum atomic E-state index is 6.40. The molecule has 0 radical (unpaired) electrons. The summed E-state index contributed by atoms with van der Waals surface area (Å²) in [6.07, 6.45) is 0.991. The molecular formula is C17H19NO. The summed E-state index contributed by atoms with van der Waals surface area (Å²) in [6, 6.07) is 16.8. The Balaban J connectivity index is 1.79. The number of aryl methyl sites for hydroxylation is 1. The molecule has 2 aromatic rings. The number of hydrogen-bond acceptors (Lipinski definition) is 2. The van der Waals surface area contributed by atoms with Gasteiger partial charge in [0, 0.05) is 12.0 Å². The van der Waals surface area contributed by atoms with Gasteiger partial charge in [-0.05, 0) is 30.5 Å². The Hall–Kier alpha value is -1.80. The largest absolute Gasteiger partial charge is 0.493 e. The van der Waals surface area contributed by atoms with Crippen LogP contribution in [0, 0.1) is 12.8 Å². The van der Waals surface area contributed by atoms with Crippen molar-refractivity contribution in [2.24, 2.45) is 11.7 Å². The molecule has 0 saturated heterocycles. The summed E-state index contributed by atoms with van der Waals surface area (Å²) in [4.78, 5) is 0. The normalized spacial score (nSPS) is 19.4. The highest BCUT2D eigenvalue weighted by Crippen LogP contribution is 2.32. The van der Waals surface area contributed by atoms with E-state index >= 15 is 0 Å². The lowest BCUT2D eigenvalue weighted by molar-refractivity contribution is 0.200. The van der Waals surface area contributed by atoms with Gasteiger partial charge in [0.1, 0.15) is 5.75 Å². The predicted molar refractivity (Wildman–Crippen MR) is 77.2 cm³/mol. The lowest BCUT2D eigenvalue weighted by Gasteiger charge is -2.29. The van der Waals surface area contributed by atoms with Gasteiger partial charge in [0.25, 0.3) is 0 Å². The van der Waals surface area contributed by atoms with Crippen molar-refractivity contribution in [1.82, 2.24) is 0 Å². The number of hydrogen-bond donors (Lipinski definition) is 1. The number of ether oxygens (including phenoxy) is 1. The summed E-state index contributed by atoms with van der Waals surface area (Å²) < 4.78 is 5.82. The second kappa shape index (κ2) is 5.06. The van der Waals surface area contributed by atoms with Crippen LogP contribution in [0.25, 0.3) is 0 Å². The van der Waals surface area contributed by atoms with E-state index in [-0.39, 0.29) is 6.04 Å². The second-order valence-electron chi connectivity index (χ2n) is 5.32. The fourth-order valence-electron chi connectivity index (χ4n) is 2.64. The zero-order valence-corrected chi connectivity index (χ0v) is 11.2. The summed E-state index contributed by atoms with van der Waals surface area (Å²) in [6.45, 7) is 2.79. The Morgan fingerprint density at radius 2 is 1.84 bits per heavy atom. The van der Waals surface area contributed by atoms with Crippen molar-refractivity contribution in [3.8, 4) is 5.75 Å². The molecule has 2 atom stereocenters. The van der Waals surface area contributed by atoms with E-state index in [2.05, 4.69) is 43.3 Å². The quantitative estimate of drug-likeness (QED) is 0.891. The van der Waals surface area contributed by atoms with E-state index in [0.717, 1.165) is 12.2 Å². The number of para-hydroxylation sites is 1. The maximum absolute atomic E-state index is 6.40. The summed E-state index contributed by atoms with van der Waals surface area (Å²) in [5.41, 5.74) is 10.1. The Morgan fingerprint density at radius 1 is 1.11 bits per heavy atom. The summed E-state index contributed by atoms with van der Waals surface area (Å²) >= 11 is 0. The van der Waals surface area contributed by atoms with Crippen LogP contribution in [0.15, 0.2) is 48.5 Å². The minimum Gasteiger partial charge on any atom is -0.493 e. The highest BCUT2D eigenvalue weighted by molar-refractivity contribution is 5.36. The van der Waals surface area contributed by atoms with Crippen molar-refractivity contribution in [1.29, 1.82) is 0 Å². The lowest BCUT2D eigenvalue weighted by Crippen LogP contribution is -2.31. The molecule has 0 amide bonds. The van der Waals surface area contributed by atoms with Crippen LogP contribution in [0.4, 0.5) is 0 Å². The third kappa shape index (κ3) is 2.49. The van der Waals surface area contributed by atoms with Gasteiger partial charge in [0.15, 0.2) is 0 Å². The summed E-state index contributed by atoms with van der Waals surface area (Å²) in [5, 5.41) is 0. The first-order chi connectivity index (χ1) is 9.24. The molecule has 3 rings (SSSR count). The van der Waals surface area contributed by atoms with E-state index in [0.29, 0.717) is 12.5 Å². The number of nitrogens with two attached hydrogens (primary N) is 1. The standard InChI is InChI=1S/C17H19NO/c1-12-6-8-13(9-7-12)17(18)15-10-14-4-2-3-5-16(14)19-11-15/h2-9,15,17H,10-11,18H2,1H3. The van der Waals surface area contributed by atoms with Crippen LogP contribution in [0.5, 0.6) is 5.75 Å². The Kier molecular flexibility index (Phi) is 3.26. The van der Waals surface area contributed by atoms with E-state index in [1.165, 1.54) is 16.7 Å². The van der Waals surface area contributed by atoms with E-state index in [9.17, 15) is 0 Å². The molecule has 0 spiro atoms. The molecule has 1 heterocycles. The van der Waals surface area contributed by atoms with Gasteiger partial charge in [0.05, 0.1) is 6.61 Å². The number of rotatable bonds is 2. The Bertz CT molecular complexity index is 562. The van der Waals surface area contributed by atoms with Crippen molar-refractivity contribution in [3.63, 3.8) is 0 Å². The van der Waals surface area contributed by atoms with Gasteiger partial charge >= 0.3 is 0 Å². The molecule has 98 valence electrons. The van der Waals surface area contributed by atoms with Gasteiger partial charge < -0.3 is 10.5 Å². The Labute approximate surface area is 114 Å². The molecule has 1 aliphatic rings. The highest BCUT2D eigenvalue weighted by Gasteiger charge is 2.25. The van der Waals surface area contributed by atoms with E-state index in [1.807, 2.05) is 12.1 Å². The molecule has 0 fully saturated rings. The fraction of sp³-hybridized carbons (Fsp3) is 0.294. The minimum atomic E-state index is 0.0361. The molecule has 2 unspecified atom stereocenters. The van der Waals surface area contributed by atoms with E-state index in [1.54, 1.807) is 0 Å². The average molecular weight is 253 g/mol. The molecule has 0 aromatic heterocycles. The molecule has 2 nitrogen and oxygen atoms in total. The van der Waals surface area contributed by atoms with Crippen LogP contribution in [-0.4, -0.2) is 6.61 Å². The maximum Gasteiger partial charge on any atom is 0.122 e. The minimum absolute atomic E-state index is 0.0361. The summed E-state index contributed by atoms with van der Waals surface area (Å²) in [7, 11) is 0. The third-order valence-corrected chi connectivity index (χ3v) is 3.88. The predicted octanol–water partition coefficient (Wildman–Crippen LogP) is 3.25. The van der Waals surface area contributed by atoms with E-state index in [4.69, 9.17) is 10.5 Å². The summed E-state index contributed by atoms with van der Waals surface area (Å²) in [5.74, 6) is 1.35. The fourth-order valence-corrected chi connectivity index (χ4v) is 2.64. The third-order valence-electron chi connectivity index (χ3n) is 3.88. The highest BCUT2D eigenvalue weighted by atomic mass is 16.5. The Morgan fingerprint density at radius 3 is 2.63 bits per heavy atom.